The molecule has 0 spiro atoms. The monoisotopic (exact) mass is 327 g/mol. The van der Waals surface area contributed by atoms with Gasteiger partial charge in [-0.05, 0) is 12.1 Å². The van der Waals surface area contributed by atoms with Gasteiger partial charge in [0.25, 0.3) is 0 Å². The van der Waals surface area contributed by atoms with Crippen molar-refractivity contribution in [2.45, 2.75) is 33.0 Å². The second-order valence-corrected chi connectivity index (χ2v) is 5.77. The van der Waals surface area contributed by atoms with Crippen LogP contribution < -0.4 is 5.76 Å². The highest BCUT2D eigenvalue weighted by Gasteiger charge is 2.25. The second kappa shape index (κ2) is 5.63. The smallest absolute Gasteiger partial charge is 0.408 e. The molecule has 0 saturated carbocycles. The van der Waals surface area contributed by atoms with Crippen molar-refractivity contribution in [2.24, 2.45) is 0 Å². The van der Waals surface area contributed by atoms with Crippen LogP contribution in [0.3, 0.4) is 0 Å². The number of carbonyl (C=O) groups excluding carboxylic acids is 1. The first-order chi connectivity index (χ1) is 11.7. The summed E-state index contributed by atoms with van der Waals surface area (Å²) in [5.74, 6) is 1.08. The van der Waals surface area contributed by atoms with Crippen molar-refractivity contribution in [3.8, 4) is 0 Å². The van der Waals surface area contributed by atoms with E-state index in [2.05, 4.69) is 14.8 Å². The first-order valence-electron chi connectivity index (χ1n) is 7.94. The fourth-order valence-corrected chi connectivity index (χ4v) is 3.09. The number of hydrogen-bond donors (Lipinski definition) is 0. The predicted molar refractivity (Wildman–Crippen MR) is 85.3 cm³/mol. The lowest BCUT2D eigenvalue weighted by Crippen LogP contribution is -2.41. The molecule has 8 heteroatoms. The Hall–Kier alpha value is -2.90. The first kappa shape index (κ1) is 14.7. The molecule has 1 aliphatic heterocycles. The van der Waals surface area contributed by atoms with Crippen LogP contribution in [0.25, 0.3) is 11.1 Å². The van der Waals surface area contributed by atoms with Gasteiger partial charge in [-0.3, -0.25) is 9.36 Å². The van der Waals surface area contributed by atoms with E-state index in [1.165, 1.54) is 4.57 Å². The van der Waals surface area contributed by atoms with E-state index in [1.807, 2.05) is 13.0 Å². The Kier molecular flexibility index (Phi) is 3.44. The molecule has 0 unspecified atom stereocenters. The van der Waals surface area contributed by atoms with Crippen molar-refractivity contribution >= 4 is 17.0 Å². The van der Waals surface area contributed by atoms with Crippen LogP contribution in [0.15, 0.2) is 33.5 Å². The minimum absolute atomic E-state index is 0.0371. The van der Waals surface area contributed by atoms with Gasteiger partial charge in [-0.15, -0.1) is 10.2 Å². The number of para-hydroxylation sites is 2. The number of aromatic nitrogens is 4. The van der Waals surface area contributed by atoms with Crippen LogP contribution in [0, 0.1) is 0 Å². The molecule has 0 aliphatic carbocycles. The van der Waals surface area contributed by atoms with E-state index < -0.39 is 5.76 Å². The van der Waals surface area contributed by atoms with E-state index >= 15 is 0 Å². The summed E-state index contributed by atoms with van der Waals surface area (Å²) in [6.45, 7) is 3.67. The van der Waals surface area contributed by atoms with Gasteiger partial charge in [-0.25, -0.2) is 4.79 Å². The van der Waals surface area contributed by atoms with Gasteiger partial charge < -0.3 is 13.9 Å². The molecule has 1 aromatic carbocycles. The molecule has 124 valence electrons. The molecular formula is C16H17N5O3. The van der Waals surface area contributed by atoms with E-state index in [0.29, 0.717) is 30.7 Å². The van der Waals surface area contributed by atoms with Gasteiger partial charge in [0, 0.05) is 19.5 Å². The molecule has 1 amide bonds. The molecule has 0 saturated heterocycles. The van der Waals surface area contributed by atoms with Gasteiger partial charge in [0.2, 0.25) is 5.91 Å². The number of rotatable bonds is 3. The van der Waals surface area contributed by atoms with Gasteiger partial charge >= 0.3 is 5.76 Å². The maximum absolute atomic E-state index is 12.6. The lowest BCUT2D eigenvalue weighted by Gasteiger charge is -2.27. The molecule has 2 aromatic heterocycles. The summed E-state index contributed by atoms with van der Waals surface area (Å²) >= 11 is 0. The van der Waals surface area contributed by atoms with E-state index in [4.69, 9.17) is 4.42 Å². The van der Waals surface area contributed by atoms with Gasteiger partial charge in [-0.1, -0.05) is 19.1 Å². The highest BCUT2D eigenvalue weighted by molar-refractivity contribution is 5.79. The number of amides is 1. The van der Waals surface area contributed by atoms with Crippen LogP contribution >= 0.6 is 0 Å². The third kappa shape index (κ3) is 2.31. The van der Waals surface area contributed by atoms with Crippen LogP contribution in [0.2, 0.25) is 0 Å². The Labute approximate surface area is 137 Å². The molecule has 0 N–H and O–H groups in total. The van der Waals surface area contributed by atoms with E-state index in [1.54, 1.807) is 23.1 Å². The summed E-state index contributed by atoms with van der Waals surface area (Å²) in [6, 6.07) is 7.09. The zero-order valence-electron chi connectivity index (χ0n) is 13.3. The van der Waals surface area contributed by atoms with Crippen molar-refractivity contribution in [2.75, 3.05) is 6.54 Å². The van der Waals surface area contributed by atoms with Crippen LogP contribution in [-0.2, 0) is 30.8 Å². The van der Waals surface area contributed by atoms with Crippen molar-refractivity contribution < 1.29 is 9.21 Å². The van der Waals surface area contributed by atoms with E-state index in [0.717, 1.165) is 18.1 Å². The highest BCUT2D eigenvalue weighted by Crippen LogP contribution is 2.15. The number of fused-ring (bicyclic) bond motifs is 2. The number of oxazole rings is 1. The van der Waals surface area contributed by atoms with Gasteiger partial charge in [0.15, 0.2) is 11.4 Å². The average molecular weight is 327 g/mol. The first-order valence-corrected chi connectivity index (χ1v) is 7.94. The molecule has 4 rings (SSSR count). The Morgan fingerprint density at radius 1 is 1.25 bits per heavy atom. The molecule has 3 aromatic rings. The Bertz CT molecular complexity index is 968. The summed E-state index contributed by atoms with van der Waals surface area (Å²) in [7, 11) is 0. The molecule has 3 heterocycles. The summed E-state index contributed by atoms with van der Waals surface area (Å²) < 4.78 is 8.60. The molecule has 0 fully saturated rings. The number of nitrogens with zero attached hydrogens (tertiary/aromatic N) is 5. The molecule has 0 atom stereocenters. The van der Waals surface area contributed by atoms with Gasteiger partial charge in [-0.2, -0.15) is 0 Å². The SMILES string of the molecule is CCc1nnc2n1CCN(C(=O)Cn1c(=O)oc3ccccc31)C2. The lowest BCUT2D eigenvalue weighted by molar-refractivity contribution is -0.133. The Balaban J connectivity index is 1.56. The summed E-state index contributed by atoms with van der Waals surface area (Å²) in [5.41, 5.74) is 1.12. The van der Waals surface area contributed by atoms with Crippen LogP contribution in [0.1, 0.15) is 18.6 Å². The standard InChI is InChI=1S/C16H17N5O3/c1-2-13-17-18-14-9-19(7-8-20(13)14)15(22)10-21-11-5-3-4-6-12(11)24-16(21)23/h3-6H,2,7-10H2,1H3. The van der Waals surface area contributed by atoms with Crippen molar-refractivity contribution in [3.63, 3.8) is 0 Å². The number of benzene rings is 1. The topological polar surface area (TPSA) is 86.2 Å². The molecule has 24 heavy (non-hydrogen) atoms. The Morgan fingerprint density at radius 3 is 2.92 bits per heavy atom. The van der Waals surface area contributed by atoms with Crippen LogP contribution in [-0.4, -0.2) is 36.7 Å². The van der Waals surface area contributed by atoms with Crippen molar-refractivity contribution in [1.29, 1.82) is 0 Å². The average Bonchev–Trinajstić information content (AvgIpc) is 3.15. The zero-order valence-corrected chi connectivity index (χ0v) is 13.3. The number of aryl methyl sites for hydroxylation is 1. The number of hydrogen-bond acceptors (Lipinski definition) is 5. The van der Waals surface area contributed by atoms with Crippen LogP contribution in [0.4, 0.5) is 0 Å². The maximum Gasteiger partial charge on any atom is 0.420 e. The lowest BCUT2D eigenvalue weighted by atomic mass is 10.3. The molecule has 1 aliphatic rings. The predicted octanol–water partition coefficient (Wildman–Crippen LogP) is 0.791. The minimum atomic E-state index is -0.516. The summed E-state index contributed by atoms with van der Waals surface area (Å²) in [6.07, 6.45) is 0.817. The molecule has 8 nitrogen and oxygen atoms in total. The van der Waals surface area contributed by atoms with Crippen molar-refractivity contribution in [1.82, 2.24) is 24.2 Å². The molecular weight excluding hydrogens is 310 g/mol. The normalized spacial score (nSPS) is 14.1. The second-order valence-electron chi connectivity index (χ2n) is 5.77. The van der Waals surface area contributed by atoms with E-state index in [9.17, 15) is 9.59 Å². The Morgan fingerprint density at radius 2 is 2.08 bits per heavy atom. The summed E-state index contributed by atoms with van der Waals surface area (Å²) in [5, 5.41) is 8.30. The fraction of sp³-hybridized carbons (Fsp3) is 0.375. The van der Waals surface area contributed by atoms with Crippen molar-refractivity contribution in [3.05, 3.63) is 46.5 Å². The maximum atomic E-state index is 12.6. The van der Waals surface area contributed by atoms with Gasteiger partial charge in [0.1, 0.15) is 12.4 Å². The van der Waals surface area contributed by atoms with Gasteiger partial charge in [0.05, 0.1) is 12.1 Å². The third-order valence-electron chi connectivity index (χ3n) is 4.37. The molecule has 0 bridgehead atoms. The number of carbonyl (C=O) groups is 1. The third-order valence-corrected chi connectivity index (χ3v) is 4.37. The minimum Gasteiger partial charge on any atom is -0.408 e. The fourth-order valence-electron chi connectivity index (χ4n) is 3.09. The van der Waals surface area contributed by atoms with E-state index in [-0.39, 0.29) is 12.5 Å². The quantitative estimate of drug-likeness (QED) is 0.710. The summed E-state index contributed by atoms with van der Waals surface area (Å²) in [4.78, 5) is 26.3. The highest BCUT2D eigenvalue weighted by atomic mass is 16.4. The largest absolute Gasteiger partial charge is 0.420 e. The zero-order chi connectivity index (χ0) is 16.7. The van der Waals surface area contributed by atoms with Crippen LogP contribution in [0.5, 0.6) is 0 Å². The molecule has 0 radical (unpaired) electrons.